The first-order chi connectivity index (χ1) is 6.78. The maximum absolute atomic E-state index is 11.5. The van der Waals surface area contributed by atoms with E-state index in [9.17, 15) is 4.79 Å². The first-order valence-corrected chi connectivity index (χ1v) is 5.53. The van der Waals surface area contributed by atoms with E-state index in [1.54, 1.807) is 0 Å². The molecule has 84 valence electrons. The molecule has 0 aliphatic carbocycles. The van der Waals surface area contributed by atoms with Crippen LogP contribution in [0.5, 0.6) is 0 Å². The van der Waals surface area contributed by atoms with Crippen LogP contribution in [0.4, 0.5) is 5.13 Å². The number of thiazole rings is 1. The van der Waals surface area contributed by atoms with Crippen molar-refractivity contribution in [3.63, 3.8) is 0 Å². The fraction of sp³-hybridized carbons (Fsp3) is 0.600. The minimum Gasteiger partial charge on any atom is -0.460 e. The molecule has 4 nitrogen and oxygen atoms in total. The van der Waals surface area contributed by atoms with E-state index >= 15 is 0 Å². The molecule has 0 fully saturated rings. The molecule has 15 heavy (non-hydrogen) atoms. The Morgan fingerprint density at radius 3 is 2.53 bits per heavy atom. The molecule has 0 saturated heterocycles. The largest absolute Gasteiger partial charge is 0.460 e. The van der Waals surface area contributed by atoms with E-state index in [1.165, 1.54) is 11.3 Å². The molecule has 1 aromatic rings. The van der Waals surface area contributed by atoms with Crippen LogP contribution < -0.4 is 5.73 Å². The summed E-state index contributed by atoms with van der Waals surface area (Å²) in [4.78, 5) is 16.5. The monoisotopic (exact) mass is 228 g/mol. The lowest BCUT2D eigenvalue weighted by Gasteiger charge is -2.19. The van der Waals surface area contributed by atoms with E-state index in [-0.39, 0.29) is 12.4 Å². The van der Waals surface area contributed by atoms with E-state index in [1.807, 2.05) is 27.7 Å². The van der Waals surface area contributed by atoms with Crippen molar-refractivity contribution in [3.05, 3.63) is 10.6 Å². The van der Waals surface area contributed by atoms with Crippen LogP contribution >= 0.6 is 11.3 Å². The summed E-state index contributed by atoms with van der Waals surface area (Å²) in [5.74, 6) is -0.268. The molecular formula is C10H16N2O2S. The van der Waals surface area contributed by atoms with Crippen LogP contribution in [-0.2, 0) is 16.0 Å². The van der Waals surface area contributed by atoms with Crippen LogP contribution in [0.1, 0.15) is 31.3 Å². The number of nitrogens with zero attached hydrogens (tertiary/aromatic N) is 1. The molecule has 0 aromatic carbocycles. The summed E-state index contributed by atoms with van der Waals surface area (Å²) in [6, 6.07) is 0. The number of carbonyl (C=O) groups excluding carboxylic acids is 1. The number of anilines is 1. The van der Waals surface area contributed by atoms with Gasteiger partial charge in [0.25, 0.3) is 0 Å². The minimum atomic E-state index is -0.452. The van der Waals surface area contributed by atoms with Gasteiger partial charge in [-0.1, -0.05) is 0 Å². The molecule has 2 N–H and O–H groups in total. The highest BCUT2D eigenvalue weighted by molar-refractivity contribution is 7.15. The maximum atomic E-state index is 11.5. The number of esters is 1. The number of nitrogen functional groups attached to an aromatic ring is 1. The molecule has 0 aliphatic rings. The molecule has 0 saturated carbocycles. The zero-order chi connectivity index (χ0) is 11.6. The lowest BCUT2D eigenvalue weighted by atomic mass is 10.2. The maximum Gasteiger partial charge on any atom is 0.312 e. The van der Waals surface area contributed by atoms with Crippen molar-refractivity contribution < 1.29 is 9.53 Å². The van der Waals surface area contributed by atoms with Gasteiger partial charge in [-0.05, 0) is 27.7 Å². The summed E-state index contributed by atoms with van der Waals surface area (Å²) in [7, 11) is 0. The summed E-state index contributed by atoms with van der Waals surface area (Å²) in [6.45, 7) is 7.42. The average Bonchev–Trinajstić information content (AvgIpc) is 2.25. The fourth-order valence-corrected chi connectivity index (χ4v) is 1.83. The van der Waals surface area contributed by atoms with E-state index in [0.717, 1.165) is 4.88 Å². The van der Waals surface area contributed by atoms with Gasteiger partial charge in [0, 0.05) is 4.88 Å². The van der Waals surface area contributed by atoms with Gasteiger partial charge in [0.2, 0.25) is 0 Å². The van der Waals surface area contributed by atoms with Crippen molar-refractivity contribution in [2.45, 2.75) is 39.7 Å². The summed E-state index contributed by atoms with van der Waals surface area (Å²) < 4.78 is 5.19. The van der Waals surface area contributed by atoms with Gasteiger partial charge in [-0.25, -0.2) is 4.98 Å². The number of carbonyl (C=O) groups is 1. The van der Waals surface area contributed by atoms with Crippen molar-refractivity contribution in [1.29, 1.82) is 0 Å². The Morgan fingerprint density at radius 1 is 1.53 bits per heavy atom. The highest BCUT2D eigenvalue weighted by atomic mass is 32.1. The normalized spacial score (nSPS) is 11.5. The Morgan fingerprint density at radius 2 is 2.13 bits per heavy atom. The molecule has 0 atom stereocenters. The van der Waals surface area contributed by atoms with Crippen molar-refractivity contribution in [2.24, 2.45) is 0 Å². The second kappa shape index (κ2) is 4.18. The second-order valence-electron chi connectivity index (χ2n) is 4.32. The lowest BCUT2D eigenvalue weighted by molar-refractivity contribution is -0.153. The fourth-order valence-electron chi connectivity index (χ4n) is 1.13. The Balaban J connectivity index is 2.63. The van der Waals surface area contributed by atoms with Gasteiger partial charge in [-0.3, -0.25) is 4.79 Å². The Labute approximate surface area is 93.5 Å². The van der Waals surface area contributed by atoms with Crippen LogP contribution in [0.3, 0.4) is 0 Å². The quantitative estimate of drug-likeness (QED) is 0.785. The molecule has 5 heteroatoms. The molecule has 0 aliphatic heterocycles. The Kier molecular flexibility index (Phi) is 3.34. The van der Waals surface area contributed by atoms with Crippen LogP contribution in [0.25, 0.3) is 0 Å². The first-order valence-electron chi connectivity index (χ1n) is 4.71. The summed E-state index contributed by atoms with van der Waals surface area (Å²) in [5.41, 5.74) is 5.80. The molecule has 1 rings (SSSR count). The first kappa shape index (κ1) is 12.0. The van der Waals surface area contributed by atoms with Crippen LogP contribution in [0.2, 0.25) is 0 Å². The minimum absolute atomic E-state index is 0.191. The molecular weight excluding hydrogens is 212 g/mol. The van der Waals surface area contributed by atoms with E-state index < -0.39 is 5.60 Å². The second-order valence-corrected chi connectivity index (χ2v) is 5.55. The lowest BCUT2D eigenvalue weighted by Crippen LogP contribution is -2.25. The van der Waals surface area contributed by atoms with E-state index in [0.29, 0.717) is 10.8 Å². The number of hydrogen-bond donors (Lipinski definition) is 1. The van der Waals surface area contributed by atoms with Gasteiger partial charge in [0.05, 0.1) is 12.1 Å². The smallest absolute Gasteiger partial charge is 0.312 e. The number of rotatable bonds is 2. The van der Waals surface area contributed by atoms with Gasteiger partial charge in [-0.2, -0.15) is 0 Å². The third-order valence-electron chi connectivity index (χ3n) is 1.64. The SMILES string of the molecule is Cc1sc(N)nc1CC(=O)OC(C)(C)C. The number of aryl methyl sites for hydroxylation is 1. The van der Waals surface area contributed by atoms with Crippen molar-refractivity contribution >= 4 is 22.4 Å². The van der Waals surface area contributed by atoms with E-state index in [2.05, 4.69) is 4.98 Å². The molecule has 0 amide bonds. The zero-order valence-corrected chi connectivity index (χ0v) is 10.3. The standard InChI is InChI=1S/C10H16N2O2S/c1-6-7(12-9(11)15-6)5-8(13)14-10(2,3)4/h5H2,1-4H3,(H2,11,12). The van der Waals surface area contributed by atoms with Gasteiger partial charge in [-0.15, -0.1) is 11.3 Å². The summed E-state index contributed by atoms with van der Waals surface area (Å²) >= 11 is 1.39. The van der Waals surface area contributed by atoms with Gasteiger partial charge in [0.1, 0.15) is 5.60 Å². The predicted molar refractivity (Wildman–Crippen MR) is 60.8 cm³/mol. The highest BCUT2D eigenvalue weighted by Gasteiger charge is 2.18. The highest BCUT2D eigenvalue weighted by Crippen LogP contribution is 2.20. The number of aromatic nitrogens is 1. The number of nitrogens with two attached hydrogens (primary N) is 1. The number of hydrogen-bond acceptors (Lipinski definition) is 5. The van der Waals surface area contributed by atoms with Crippen molar-refractivity contribution in [1.82, 2.24) is 4.98 Å². The summed E-state index contributed by atoms with van der Waals surface area (Å²) in [6.07, 6.45) is 0.191. The third-order valence-corrected chi connectivity index (χ3v) is 2.48. The topological polar surface area (TPSA) is 65.2 Å². The third kappa shape index (κ3) is 3.87. The van der Waals surface area contributed by atoms with Gasteiger partial charge < -0.3 is 10.5 Å². The molecule has 1 heterocycles. The van der Waals surface area contributed by atoms with Gasteiger partial charge >= 0.3 is 5.97 Å². The van der Waals surface area contributed by atoms with Crippen LogP contribution in [0, 0.1) is 6.92 Å². The van der Waals surface area contributed by atoms with Crippen molar-refractivity contribution in [2.75, 3.05) is 5.73 Å². The molecule has 0 unspecified atom stereocenters. The average molecular weight is 228 g/mol. The number of ether oxygens (including phenoxy) is 1. The Hall–Kier alpha value is -1.10. The zero-order valence-electron chi connectivity index (χ0n) is 9.46. The molecule has 0 bridgehead atoms. The van der Waals surface area contributed by atoms with Crippen LogP contribution in [0.15, 0.2) is 0 Å². The van der Waals surface area contributed by atoms with Crippen LogP contribution in [-0.4, -0.2) is 16.6 Å². The van der Waals surface area contributed by atoms with E-state index in [4.69, 9.17) is 10.5 Å². The molecule has 0 spiro atoms. The Bertz CT molecular complexity index is 366. The molecule has 0 radical (unpaired) electrons. The predicted octanol–water partition coefficient (Wildman–Crippen LogP) is 1.92. The van der Waals surface area contributed by atoms with Crippen molar-refractivity contribution in [3.8, 4) is 0 Å². The molecule has 1 aromatic heterocycles. The van der Waals surface area contributed by atoms with Gasteiger partial charge in [0.15, 0.2) is 5.13 Å². The summed E-state index contributed by atoms with van der Waals surface area (Å²) in [5, 5.41) is 0.492.